The first-order valence-electron chi connectivity index (χ1n) is 7.12. The third kappa shape index (κ3) is 3.30. The first-order chi connectivity index (χ1) is 9.61. The van der Waals surface area contributed by atoms with Crippen LogP contribution in [-0.2, 0) is 4.79 Å². The first-order valence-corrected chi connectivity index (χ1v) is 7.12. The fourth-order valence-electron chi connectivity index (χ4n) is 2.85. The van der Waals surface area contributed by atoms with Crippen molar-refractivity contribution in [3.8, 4) is 6.07 Å². The lowest BCUT2D eigenvalue weighted by molar-refractivity contribution is -0.142. The molecule has 106 valence electrons. The molecule has 1 saturated carbocycles. The molecule has 1 aromatic rings. The summed E-state index contributed by atoms with van der Waals surface area (Å²) in [5, 5.41) is 21.9. The molecule has 20 heavy (non-hydrogen) atoms. The molecule has 0 heterocycles. The Morgan fingerprint density at radius 3 is 2.80 bits per heavy atom. The van der Waals surface area contributed by atoms with Crippen molar-refractivity contribution in [3.05, 3.63) is 29.3 Å². The Kier molecular flexibility index (Phi) is 4.62. The van der Waals surface area contributed by atoms with E-state index in [1.165, 1.54) is 0 Å². The van der Waals surface area contributed by atoms with Gasteiger partial charge in [-0.1, -0.05) is 25.3 Å². The molecular weight excluding hydrogens is 252 g/mol. The average Bonchev–Trinajstić information content (AvgIpc) is 2.66. The van der Waals surface area contributed by atoms with Gasteiger partial charge in [-0.15, -0.1) is 0 Å². The van der Waals surface area contributed by atoms with Crippen molar-refractivity contribution in [1.82, 2.24) is 0 Å². The Morgan fingerprint density at radius 1 is 1.35 bits per heavy atom. The van der Waals surface area contributed by atoms with E-state index in [4.69, 9.17) is 0 Å². The zero-order chi connectivity index (χ0) is 14.5. The minimum atomic E-state index is -0.741. The summed E-state index contributed by atoms with van der Waals surface area (Å²) in [5.41, 5.74) is 2.36. The quantitative estimate of drug-likeness (QED) is 0.828. The second kappa shape index (κ2) is 6.42. The second-order valence-electron chi connectivity index (χ2n) is 5.49. The van der Waals surface area contributed by atoms with Crippen molar-refractivity contribution in [1.29, 1.82) is 5.26 Å². The molecule has 1 aliphatic carbocycles. The van der Waals surface area contributed by atoms with Gasteiger partial charge in [0.15, 0.2) is 0 Å². The standard InChI is InChI=1S/C16H20N2O2/c1-11-7-8-14(12(9-11)10-17)18-15-6-4-2-3-5-13(15)16(19)20/h7-9,13,15,18H,2-6H2,1H3,(H,19,20). The summed E-state index contributed by atoms with van der Waals surface area (Å²) < 4.78 is 0. The van der Waals surface area contributed by atoms with Gasteiger partial charge in [0.1, 0.15) is 6.07 Å². The van der Waals surface area contributed by atoms with E-state index in [9.17, 15) is 15.2 Å². The first kappa shape index (κ1) is 14.4. The Morgan fingerprint density at radius 2 is 2.10 bits per heavy atom. The van der Waals surface area contributed by atoms with E-state index in [0.29, 0.717) is 12.0 Å². The predicted octanol–water partition coefficient (Wildman–Crippen LogP) is 3.31. The normalized spacial score (nSPS) is 22.6. The van der Waals surface area contributed by atoms with Crippen LogP contribution in [0.2, 0.25) is 0 Å². The lowest BCUT2D eigenvalue weighted by atomic mass is 9.94. The lowest BCUT2D eigenvalue weighted by Crippen LogP contribution is -2.33. The van der Waals surface area contributed by atoms with E-state index in [0.717, 1.165) is 36.9 Å². The van der Waals surface area contributed by atoms with Gasteiger partial charge in [-0.2, -0.15) is 5.26 Å². The average molecular weight is 272 g/mol. The molecule has 0 amide bonds. The number of anilines is 1. The topological polar surface area (TPSA) is 73.1 Å². The van der Waals surface area contributed by atoms with Crippen LogP contribution in [0.5, 0.6) is 0 Å². The van der Waals surface area contributed by atoms with Gasteiger partial charge >= 0.3 is 5.97 Å². The molecule has 0 aliphatic heterocycles. The van der Waals surface area contributed by atoms with E-state index < -0.39 is 5.97 Å². The van der Waals surface area contributed by atoms with Gasteiger partial charge in [-0.25, -0.2) is 0 Å². The number of hydrogen-bond acceptors (Lipinski definition) is 3. The van der Waals surface area contributed by atoms with E-state index in [1.54, 1.807) is 0 Å². The molecule has 4 nitrogen and oxygen atoms in total. The van der Waals surface area contributed by atoms with Crippen molar-refractivity contribution in [2.24, 2.45) is 5.92 Å². The van der Waals surface area contributed by atoms with Crippen LogP contribution in [0.3, 0.4) is 0 Å². The number of carbonyl (C=O) groups is 1. The number of nitrogens with zero attached hydrogens (tertiary/aromatic N) is 1. The van der Waals surface area contributed by atoms with Gasteiger partial charge in [0.05, 0.1) is 17.2 Å². The van der Waals surface area contributed by atoms with Crippen molar-refractivity contribution in [3.63, 3.8) is 0 Å². The Bertz CT molecular complexity index is 534. The van der Waals surface area contributed by atoms with Gasteiger partial charge in [0, 0.05) is 6.04 Å². The highest BCUT2D eigenvalue weighted by Gasteiger charge is 2.29. The maximum Gasteiger partial charge on any atom is 0.308 e. The van der Waals surface area contributed by atoms with E-state index >= 15 is 0 Å². The molecular formula is C16H20N2O2. The van der Waals surface area contributed by atoms with Crippen LogP contribution in [-0.4, -0.2) is 17.1 Å². The van der Waals surface area contributed by atoms with Crippen LogP contribution in [0.1, 0.15) is 43.2 Å². The summed E-state index contributed by atoms with van der Waals surface area (Å²) in [6.45, 7) is 1.94. The van der Waals surface area contributed by atoms with Crippen molar-refractivity contribution in [2.75, 3.05) is 5.32 Å². The number of nitrogens with one attached hydrogen (secondary N) is 1. The van der Waals surface area contributed by atoms with Gasteiger partial charge < -0.3 is 10.4 Å². The number of hydrogen-bond donors (Lipinski definition) is 2. The smallest absolute Gasteiger partial charge is 0.308 e. The van der Waals surface area contributed by atoms with E-state index in [-0.39, 0.29) is 12.0 Å². The largest absolute Gasteiger partial charge is 0.481 e. The molecule has 0 saturated heterocycles. The molecule has 1 aromatic carbocycles. The maximum atomic E-state index is 11.4. The molecule has 1 aliphatic rings. The molecule has 2 atom stereocenters. The van der Waals surface area contributed by atoms with Gasteiger partial charge in [0.2, 0.25) is 0 Å². The Labute approximate surface area is 119 Å². The fourth-order valence-corrected chi connectivity index (χ4v) is 2.85. The predicted molar refractivity (Wildman–Crippen MR) is 77.5 cm³/mol. The Hall–Kier alpha value is -2.02. The van der Waals surface area contributed by atoms with E-state index in [2.05, 4.69) is 11.4 Å². The fraction of sp³-hybridized carbons (Fsp3) is 0.500. The Balaban J connectivity index is 2.22. The van der Waals surface area contributed by atoms with Crippen molar-refractivity contribution < 1.29 is 9.90 Å². The number of aryl methyl sites for hydroxylation is 1. The molecule has 0 aromatic heterocycles. The number of nitriles is 1. The summed E-state index contributed by atoms with van der Waals surface area (Å²) in [6, 6.07) is 7.72. The maximum absolute atomic E-state index is 11.4. The highest BCUT2D eigenvalue weighted by molar-refractivity contribution is 5.72. The minimum Gasteiger partial charge on any atom is -0.481 e. The van der Waals surface area contributed by atoms with Gasteiger partial charge in [0.25, 0.3) is 0 Å². The second-order valence-corrected chi connectivity index (χ2v) is 5.49. The number of carboxylic acids is 1. The zero-order valence-electron chi connectivity index (χ0n) is 11.7. The van der Waals surface area contributed by atoms with Crippen LogP contribution in [0.15, 0.2) is 18.2 Å². The molecule has 4 heteroatoms. The SMILES string of the molecule is Cc1ccc(NC2CCCCCC2C(=O)O)c(C#N)c1. The molecule has 1 fully saturated rings. The number of aliphatic carboxylic acids is 1. The summed E-state index contributed by atoms with van der Waals surface area (Å²) in [5.74, 6) is -1.11. The third-order valence-corrected chi connectivity index (χ3v) is 3.97. The summed E-state index contributed by atoms with van der Waals surface area (Å²) in [4.78, 5) is 11.4. The molecule has 2 N–H and O–H groups in total. The molecule has 0 spiro atoms. The highest BCUT2D eigenvalue weighted by Crippen LogP contribution is 2.28. The van der Waals surface area contributed by atoms with Gasteiger partial charge in [-0.3, -0.25) is 4.79 Å². The number of benzene rings is 1. The molecule has 0 radical (unpaired) electrons. The van der Waals surface area contributed by atoms with Crippen molar-refractivity contribution in [2.45, 2.75) is 45.1 Å². The molecule has 0 bridgehead atoms. The monoisotopic (exact) mass is 272 g/mol. The van der Waals surface area contributed by atoms with Crippen molar-refractivity contribution >= 4 is 11.7 Å². The highest BCUT2D eigenvalue weighted by atomic mass is 16.4. The number of carboxylic acid groups (broad SMARTS) is 1. The number of rotatable bonds is 3. The van der Waals surface area contributed by atoms with Crippen LogP contribution in [0.4, 0.5) is 5.69 Å². The molecule has 2 rings (SSSR count). The summed E-state index contributed by atoms with van der Waals surface area (Å²) in [7, 11) is 0. The summed E-state index contributed by atoms with van der Waals surface area (Å²) >= 11 is 0. The van der Waals surface area contributed by atoms with Crippen LogP contribution < -0.4 is 5.32 Å². The molecule has 2 unspecified atom stereocenters. The van der Waals surface area contributed by atoms with Gasteiger partial charge in [-0.05, 0) is 37.5 Å². The zero-order valence-corrected chi connectivity index (χ0v) is 11.7. The van der Waals surface area contributed by atoms with E-state index in [1.807, 2.05) is 25.1 Å². The van der Waals surface area contributed by atoms with Crippen LogP contribution in [0, 0.1) is 24.2 Å². The lowest BCUT2D eigenvalue weighted by Gasteiger charge is -2.24. The summed E-state index contributed by atoms with van der Waals surface area (Å²) in [6.07, 6.45) is 4.64. The van der Waals surface area contributed by atoms with Crippen LogP contribution >= 0.6 is 0 Å². The van der Waals surface area contributed by atoms with Crippen LogP contribution in [0.25, 0.3) is 0 Å². The third-order valence-electron chi connectivity index (χ3n) is 3.97. The minimum absolute atomic E-state index is 0.0928.